The fraction of sp³-hybridized carbons (Fsp3) is 0.500. The van der Waals surface area contributed by atoms with Gasteiger partial charge < -0.3 is 10.1 Å². The van der Waals surface area contributed by atoms with Crippen molar-refractivity contribution in [3.63, 3.8) is 0 Å². The Balaban J connectivity index is 2.29. The number of ketones is 1. The van der Waals surface area contributed by atoms with E-state index >= 15 is 0 Å². The Morgan fingerprint density at radius 1 is 1.10 bits per heavy atom. The van der Waals surface area contributed by atoms with E-state index in [-0.39, 0.29) is 0 Å². The van der Waals surface area contributed by atoms with Crippen molar-refractivity contribution < 1.29 is 14.3 Å². The van der Waals surface area contributed by atoms with Crippen LogP contribution >= 0.6 is 0 Å². The summed E-state index contributed by atoms with van der Waals surface area (Å²) in [5.74, 6) is -0.149. The van der Waals surface area contributed by atoms with Crippen molar-refractivity contribution in [3.05, 3.63) is 29.8 Å². The third-order valence-electron chi connectivity index (χ3n) is 4.02. The smallest absolute Gasteiger partial charge is 0.287 e. The second-order valence-electron chi connectivity index (χ2n) is 5.38. The molecule has 2 rings (SSSR count). The molecule has 0 bridgehead atoms. The first-order chi connectivity index (χ1) is 9.57. The molecule has 1 N–H and O–H groups in total. The molecule has 1 aliphatic rings. The van der Waals surface area contributed by atoms with Crippen molar-refractivity contribution in [2.75, 3.05) is 7.11 Å². The summed E-state index contributed by atoms with van der Waals surface area (Å²) in [6.45, 7) is 1.31. The second-order valence-corrected chi connectivity index (χ2v) is 5.38. The predicted molar refractivity (Wildman–Crippen MR) is 76.6 cm³/mol. The van der Waals surface area contributed by atoms with Crippen LogP contribution in [-0.2, 0) is 15.1 Å². The molecule has 1 fully saturated rings. The van der Waals surface area contributed by atoms with Gasteiger partial charge in [-0.05, 0) is 30.5 Å². The van der Waals surface area contributed by atoms with Crippen LogP contribution in [0.25, 0.3) is 0 Å². The van der Waals surface area contributed by atoms with Crippen molar-refractivity contribution >= 4 is 11.7 Å². The standard InChI is InChI=1S/C16H21NO3/c1-12(18)15(19)17-16(10-4-3-5-11-16)13-6-8-14(20-2)9-7-13/h6-9H,3-5,10-11H2,1-2H3,(H,17,19). The summed E-state index contributed by atoms with van der Waals surface area (Å²) >= 11 is 0. The van der Waals surface area contributed by atoms with Crippen LogP contribution in [0.2, 0.25) is 0 Å². The molecule has 0 radical (unpaired) electrons. The van der Waals surface area contributed by atoms with Crippen molar-refractivity contribution in [3.8, 4) is 5.75 Å². The van der Waals surface area contributed by atoms with Gasteiger partial charge in [0.05, 0.1) is 12.6 Å². The van der Waals surface area contributed by atoms with E-state index in [1.54, 1.807) is 7.11 Å². The van der Waals surface area contributed by atoms with Gasteiger partial charge in [-0.2, -0.15) is 0 Å². The van der Waals surface area contributed by atoms with E-state index in [1.165, 1.54) is 13.3 Å². The molecular weight excluding hydrogens is 254 g/mol. The van der Waals surface area contributed by atoms with Crippen LogP contribution in [0.3, 0.4) is 0 Å². The number of methoxy groups -OCH3 is 1. The van der Waals surface area contributed by atoms with Gasteiger partial charge in [0.25, 0.3) is 5.91 Å². The topological polar surface area (TPSA) is 55.4 Å². The Kier molecular flexibility index (Phi) is 4.42. The van der Waals surface area contributed by atoms with Gasteiger partial charge in [0, 0.05) is 6.92 Å². The lowest BCUT2D eigenvalue weighted by Crippen LogP contribution is -2.49. The Morgan fingerprint density at radius 3 is 2.20 bits per heavy atom. The number of hydrogen-bond donors (Lipinski definition) is 1. The lowest BCUT2D eigenvalue weighted by molar-refractivity contribution is -0.138. The molecule has 20 heavy (non-hydrogen) atoms. The quantitative estimate of drug-likeness (QED) is 0.859. The third-order valence-corrected chi connectivity index (χ3v) is 4.02. The predicted octanol–water partition coefficient (Wildman–Crippen LogP) is 2.56. The lowest BCUT2D eigenvalue weighted by atomic mass is 9.76. The summed E-state index contributed by atoms with van der Waals surface area (Å²) in [4.78, 5) is 23.1. The first-order valence-corrected chi connectivity index (χ1v) is 7.05. The van der Waals surface area contributed by atoms with Gasteiger partial charge >= 0.3 is 0 Å². The Morgan fingerprint density at radius 2 is 1.70 bits per heavy atom. The van der Waals surface area contributed by atoms with Gasteiger partial charge in [-0.1, -0.05) is 31.4 Å². The van der Waals surface area contributed by atoms with E-state index in [1.807, 2.05) is 24.3 Å². The number of carbonyl (C=O) groups is 2. The highest BCUT2D eigenvalue weighted by Gasteiger charge is 2.36. The van der Waals surface area contributed by atoms with E-state index < -0.39 is 17.2 Å². The molecule has 1 saturated carbocycles. The second kappa shape index (κ2) is 6.07. The molecule has 4 heteroatoms. The van der Waals surface area contributed by atoms with E-state index in [0.29, 0.717) is 0 Å². The van der Waals surface area contributed by atoms with Gasteiger partial charge in [-0.15, -0.1) is 0 Å². The number of benzene rings is 1. The van der Waals surface area contributed by atoms with Crippen molar-refractivity contribution in [2.45, 2.75) is 44.6 Å². The zero-order chi connectivity index (χ0) is 14.6. The molecule has 1 amide bonds. The number of amides is 1. The number of Topliss-reactive ketones (excluding diaryl/α,β-unsaturated/α-hetero) is 1. The van der Waals surface area contributed by atoms with Crippen LogP contribution in [0.5, 0.6) is 5.75 Å². The highest BCUT2D eigenvalue weighted by Crippen LogP contribution is 2.37. The lowest BCUT2D eigenvalue weighted by Gasteiger charge is -2.38. The maximum Gasteiger partial charge on any atom is 0.287 e. The molecule has 1 aromatic carbocycles. The summed E-state index contributed by atoms with van der Waals surface area (Å²) in [7, 11) is 1.63. The minimum absolute atomic E-state index is 0.409. The minimum atomic E-state index is -0.497. The molecule has 0 spiro atoms. The molecule has 1 aromatic rings. The first-order valence-electron chi connectivity index (χ1n) is 7.05. The SMILES string of the molecule is COc1ccc(C2(NC(=O)C(C)=O)CCCCC2)cc1. The highest BCUT2D eigenvalue weighted by molar-refractivity contribution is 6.35. The fourth-order valence-corrected chi connectivity index (χ4v) is 2.86. The Labute approximate surface area is 119 Å². The third kappa shape index (κ3) is 3.00. The summed E-state index contributed by atoms with van der Waals surface area (Å²) in [6, 6.07) is 7.74. The van der Waals surface area contributed by atoms with Crippen LogP contribution in [-0.4, -0.2) is 18.8 Å². The molecule has 0 saturated heterocycles. The maximum atomic E-state index is 11.8. The molecule has 108 valence electrons. The number of ether oxygens (including phenoxy) is 1. The molecule has 1 aliphatic carbocycles. The molecule has 0 atom stereocenters. The zero-order valence-electron chi connectivity index (χ0n) is 12.1. The highest BCUT2D eigenvalue weighted by atomic mass is 16.5. The maximum absolute atomic E-state index is 11.8. The van der Waals surface area contributed by atoms with Crippen LogP contribution in [0, 0.1) is 0 Å². The number of carbonyl (C=O) groups excluding carboxylic acids is 2. The summed E-state index contributed by atoms with van der Waals surface area (Å²) in [5.41, 5.74) is 0.639. The van der Waals surface area contributed by atoms with Gasteiger partial charge in [-0.25, -0.2) is 0 Å². The molecular formula is C16H21NO3. The Hall–Kier alpha value is -1.84. The molecule has 0 heterocycles. The average molecular weight is 275 g/mol. The minimum Gasteiger partial charge on any atom is -0.497 e. The van der Waals surface area contributed by atoms with E-state index in [2.05, 4.69) is 5.32 Å². The van der Waals surface area contributed by atoms with Crippen molar-refractivity contribution in [1.82, 2.24) is 5.32 Å². The monoisotopic (exact) mass is 275 g/mol. The average Bonchev–Trinajstić information content (AvgIpc) is 2.48. The summed E-state index contributed by atoms with van der Waals surface area (Å²) < 4.78 is 5.17. The zero-order valence-corrected chi connectivity index (χ0v) is 12.1. The molecule has 0 aliphatic heterocycles. The number of rotatable bonds is 4. The molecule has 4 nitrogen and oxygen atoms in total. The number of hydrogen-bond acceptors (Lipinski definition) is 3. The molecule has 0 aromatic heterocycles. The van der Waals surface area contributed by atoms with Gasteiger partial charge in [0.15, 0.2) is 0 Å². The van der Waals surface area contributed by atoms with Crippen molar-refractivity contribution in [1.29, 1.82) is 0 Å². The van der Waals surface area contributed by atoms with E-state index in [9.17, 15) is 9.59 Å². The first kappa shape index (κ1) is 14.6. The van der Waals surface area contributed by atoms with Crippen LogP contribution in [0.4, 0.5) is 0 Å². The van der Waals surface area contributed by atoms with Crippen LogP contribution < -0.4 is 10.1 Å². The number of nitrogens with one attached hydrogen (secondary N) is 1. The van der Waals surface area contributed by atoms with Gasteiger partial charge in [0.1, 0.15) is 5.75 Å². The van der Waals surface area contributed by atoms with Gasteiger partial charge in [0.2, 0.25) is 5.78 Å². The van der Waals surface area contributed by atoms with Crippen LogP contribution in [0.1, 0.15) is 44.6 Å². The normalized spacial score (nSPS) is 17.3. The summed E-state index contributed by atoms with van der Waals surface area (Å²) in [5, 5.41) is 2.96. The van der Waals surface area contributed by atoms with Crippen molar-refractivity contribution in [2.24, 2.45) is 0 Å². The molecule has 0 unspecified atom stereocenters. The van der Waals surface area contributed by atoms with E-state index in [0.717, 1.165) is 37.0 Å². The summed E-state index contributed by atoms with van der Waals surface area (Å²) in [6.07, 6.45) is 5.04. The Bertz CT molecular complexity index is 487. The fourth-order valence-electron chi connectivity index (χ4n) is 2.86. The van der Waals surface area contributed by atoms with E-state index in [4.69, 9.17) is 4.74 Å². The van der Waals surface area contributed by atoms with Crippen LogP contribution in [0.15, 0.2) is 24.3 Å². The van der Waals surface area contributed by atoms with Gasteiger partial charge in [-0.3, -0.25) is 9.59 Å². The largest absolute Gasteiger partial charge is 0.497 e.